The summed E-state index contributed by atoms with van der Waals surface area (Å²) in [6.07, 6.45) is 13.3. The molecule has 4 aliphatic carbocycles. The normalized spacial score (nSPS) is 42.0. The predicted octanol–water partition coefficient (Wildman–Crippen LogP) is 5.10. The van der Waals surface area contributed by atoms with E-state index in [2.05, 4.69) is 44.9 Å². The van der Waals surface area contributed by atoms with E-state index >= 15 is 0 Å². The highest BCUT2D eigenvalue weighted by molar-refractivity contribution is 6.06. The molecule has 1 aromatic rings. The van der Waals surface area contributed by atoms with Crippen LogP contribution in [0.5, 0.6) is 0 Å². The van der Waals surface area contributed by atoms with Gasteiger partial charge in [0.25, 0.3) is 0 Å². The van der Waals surface area contributed by atoms with Crippen LogP contribution in [0.25, 0.3) is 6.08 Å². The van der Waals surface area contributed by atoms with E-state index in [0.29, 0.717) is 23.5 Å². The highest BCUT2D eigenvalue weighted by Gasteiger charge is 2.59. The summed E-state index contributed by atoms with van der Waals surface area (Å²) in [5, 5.41) is 14.7. The van der Waals surface area contributed by atoms with Crippen molar-refractivity contribution in [3.8, 4) is 0 Å². The molecule has 0 saturated heterocycles. The summed E-state index contributed by atoms with van der Waals surface area (Å²) in [7, 11) is 0. The Morgan fingerprint density at radius 1 is 1.20 bits per heavy atom. The molecule has 1 N–H and O–H groups in total. The first-order valence-corrected chi connectivity index (χ1v) is 11.9. The van der Waals surface area contributed by atoms with Crippen LogP contribution in [0.1, 0.15) is 77.0 Å². The molecule has 5 rings (SSSR count). The van der Waals surface area contributed by atoms with Crippen molar-refractivity contribution in [3.63, 3.8) is 0 Å². The molecule has 4 aliphatic rings. The van der Waals surface area contributed by atoms with Crippen molar-refractivity contribution in [2.24, 2.45) is 28.6 Å². The lowest BCUT2D eigenvalue weighted by molar-refractivity contribution is -0.130. The van der Waals surface area contributed by atoms with Crippen molar-refractivity contribution in [2.75, 3.05) is 0 Å². The second-order valence-electron chi connectivity index (χ2n) is 10.8. The van der Waals surface area contributed by atoms with Gasteiger partial charge in [-0.05, 0) is 93.6 Å². The number of aliphatic hydroxyl groups is 1. The highest BCUT2D eigenvalue weighted by Crippen LogP contribution is 2.64. The minimum absolute atomic E-state index is 0.162. The fourth-order valence-electron chi connectivity index (χ4n) is 7.55. The zero-order chi connectivity index (χ0) is 21.3. The van der Waals surface area contributed by atoms with Gasteiger partial charge >= 0.3 is 0 Å². The van der Waals surface area contributed by atoms with Crippen LogP contribution in [0.3, 0.4) is 0 Å². The molecule has 0 aliphatic heterocycles. The van der Waals surface area contributed by atoms with E-state index in [4.69, 9.17) is 0 Å². The van der Waals surface area contributed by atoms with Gasteiger partial charge in [-0.1, -0.05) is 25.5 Å². The molecule has 0 aromatic carbocycles. The molecule has 4 heteroatoms. The number of aliphatic hydroxyl groups excluding tert-OH is 1. The topological polar surface area (TPSA) is 55.1 Å². The van der Waals surface area contributed by atoms with Gasteiger partial charge in [-0.25, -0.2) is 0 Å². The second-order valence-corrected chi connectivity index (χ2v) is 10.8. The van der Waals surface area contributed by atoms with Crippen molar-refractivity contribution < 1.29 is 9.90 Å². The summed E-state index contributed by atoms with van der Waals surface area (Å²) in [5.41, 5.74) is 4.76. The summed E-state index contributed by atoms with van der Waals surface area (Å²) in [4.78, 5) is 13.6. The fourth-order valence-corrected chi connectivity index (χ4v) is 7.55. The lowest BCUT2D eigenvalue weighted by Gasteiger charge is -2.56. The van der Waals surface area contributed by atoms with E-state index < -0.39 is 0 Å². The highest BCUT2D eigenvalue weighted by atomic mass is 16.3. The molecule has 0 radical (unpaired) electrons. The first kappa shape index (κ1) is 20.2. The van der Waals surface area contributed by atoms with E-state index in [1.165, 1.54) is 5.57 Å². The first-order chi connectivity index (χ1) is 14.3. The van der Waals surface area contributed by atoms with Crippen LogP contribution in [0.15, 0.2) is 23.4 Å². The summed E-state index contributed by atoms with van der Waals surface area (Å²) >= 11 is 0. The molecule has 0 unspecified atom stereocenters. The van der Waals surface area contributed by atoms with Crippen molar-refractivity contribution in [3.05, 3.63) is 34.7 Å². The van der Waals surface area contributed by atoms with Gasteiger partial charge in [-0.3, -0.25) is 9.48 Å². The van der Waals surface area contributed by atoms with Crippen LogP contribution in [0.2, 0.25) is 0 Å². The number of nitrogens with zero attached hydrogens (tertiary/aromatic N) is 2. The summed E-state index contributed by atoms with van der Waals surface area (Å²) in [5.74, 6) is 2.06. The minimum atomic E-state index is -0.211. The Labute approximate surface area is 180 Å². The standard InChI is InChI=1S/C26H36N2O2/c1-5-28-16(2)18(15-27-28)12-17-13-23-21-7-6-19-14-20(29)8-10-25(19,3)22(21)9-11-26(23,4)24(17)30/h6,12,15,20-23,29H,5,7-11,13-14H2,1-4H3/b17-12-/t20-,21-,22+,23+,25-,26+/m0/s1. The Morgan fingerprint density at radius 2 is 1.97 bits per heavy atom. The maximum absolute atomic E-state index is 13.6. The molecule has 1 aromatic heterocycles. The number of ketones is 1. The van der Waals surface area contributed by atoms with E-state index in [0.717, 1.165) is 68.3 Å². The van der Waals surface area contributed by atoms with Gasteiger partial charge < -0.3 is 5.11 Å². The van der Waals surface area contributed by atoms with Crippen molar-refractivity contribution in [1.29, 1.82) is 0 Å². The number of carbonyl (C=O) groups is 1. The van der Waals surface area contributed by atoms with E-state index in [9.17, 15) is 9.90 Å². The largest absolute Gasteiger partial charge is 0.393 e. The lowest BCUT2D eigenvalue weighted by Crippen LogP contribution is -2.50. The Balaban J connectivity index is 1.48. The number of Topliss-reactive ketones (excluding diaryl/α,β-unsaturated/α-hetero) is 1. The number of fused-ring (bicyclic) bond motifs is 5. The van der Waals surface area contributed by atoms with Gasteiger partial charge in [0.05, 0.1) is 12.3 Å². The Kier molecular flexibility index (Phi) is 4.66. The molecule has 0 bridgehead atoms. The molecule has 0 spiro atoms. The van der Waals surface area contributed by atoms with Crippen LogP contribution in [0, 0.1) is 35.5 Å². The van der Waals surface area contributed by atoms with Gasteiger partial charge in [-0.15, -0.1) is 0 Å². The Morgan fingerprint density at radius 3 is 2.70 bits per heavy atom. The number of aromatic nitrogens is 2. The van der Waals surface area contributed by atoms with Gasteiger partial charge in [0.1, 0.15) is 0 Å². The number of hydrogen-bond acceptors (Lipinski definition) is 3. The van der Waals surface area contributed by atoms with Crippen molar-refractivity contribution in [2.45, 2.75) is 85.3 Å². The molecule has 3 saturated carbocycles. The molecule has 30 heavy (non-hydrogen) atoms. The lowest BCUT2D eigenvalue weighted by atomic mass is 9.48. The molecule has 0 amide bonds. The third kappa shape index (κ3) is 2.75. The van der Waals surface area contributed by atoms with Crippen LogP contribution >= 0.6 is 0 Å². The second kappa shape index (κ2) is 6.91. The maximum atomic E-state index is 13.6. The van der Waals surface area contributed by atoms with Crippen LogP contribution in [-0.4, -0.2) is 26.8 Å². The van der Waals surface area contributed by atoms with Crippen LogP contribution in [-0.2, 0) is 11.3 Å². The zero-order valence-electron chi connectivity index (χ0n) is 18.9. The monoisotopic (exact) mass is 408 g/mol. The van der Waals surface area contributed by atoms with Gasteiger partial charge in [0.15, 0.2) is 5.78 Å². The molecule has 3 fully saturated rings. The van der Waals surface area contributed by atoms with E-state index in [1.54, 1.807) is 0 Å². The SMILES string of the molecule is CCn1ncc(/C=C2/C[C@@H]3[C@H]4CC=C5C[C@@H](O)CC[C@]5(C)[C@@H]4CC[C@@]3(C)C2=O)c1C. The number of carbonyl (C=O) groups excluding carboxylic acids is 1. The Bertz CT molecular complexity index is 941. The number of allylic oxidation sites excluding steroid dienone is 2. The molecule has 6 atom stereocenters. The smallest absolute Gasteiger partial charge is 0.165 e. The molecular formula is C26H36N2O2. The molecular weight excluding hydrogens is 372 g/mol. The fraction of sp³-hybridized carbons (Fsp3) is 0.692. The van der Waals surface area contributed by atoms with Gasteiger partial charge in [0.2, 0.25) is 0 Å². The average Bonchev–Trinajstić information content (AvgIpc) is 3.20. The third-order valence-corrected chi connectivity index (χ3v) is 9.49. The number of rotatable bonds is 2. The third-order valence-electron chi connectivity index (χ3n) is 9.49. The summed E-state index contributed by atoms with van der Waals surface area (Å²) in [6, 6.07) is 0. The van der Waals surface area contributed by atoms with Crippen LogP contribution in [0.4, 0.5) is 0 Å². The average molecular weight is 409 g/mol. The molecule has 1 heterocycles. The molecule has 162 valence electrons. The zero-order valence-corrected chi connectivity index (χ0v) is 18.9. The Hall–Kier alpha value is -1.68. The van der Waals surface area contributed by atoms with E-state index in [1.807, 2.05) is 10.9 Å². The molecule has 4 nitrogen and oxygen atoms in total. The van der Waals surface area contributed by atoms with Crippen molar-refractivity contribution >= 4 is 11.9 Å². The summed E-state index contributed by atoms with van der Waals surface area (Å²) < 4.78 is 2.00. The van der Waals surface area contributed by atoms with Crippen molar-refractivity contribution in [1.82, 2.24) is 9.78 Å². The summed E-state index contributed by atoms with van der Waals surface area (Å²) in [6.45, 7) is 9.74. The maximum Gasteiger partial charge on any atom is 0.165 e. The minimum Gasteiger partial charge on any atom is -0.393 e. The quantitative estimate of drug-likeness (QED) is 0.547. The number of aryl methyl sites for hydroxylation is 1. The van der Waals surface area contributed by atoms with Crippen LogP contribution < -0.4 is 0 Å². The number of hydrogen-bond donors (Lipinski definition) is 1. The predicted molar refractivity (Wildman–Crippen MR) is 119 cm³/mol. The van der Waals surface area contributed by atoms with Gasteiger partial charge in [-0.2, -0.15) is 5.10 Å². The van der Waals surface area contributed by atoms with E-state index in [-0.39, 0.29) is 16.9 Å². The van der Waals surface area contributed by atoms with Gasteiger partial charge in [0, 0.05) is 23.2 Å². The first-order valence-electron chi connectivity index (χ1n) is 11.9.